The standard InChI is InChI=1S/C7H11O2/c8-6-7(9)4-2-1-3-5-7/h4,6,9H,1-3,5H2. The van der Waals surface area contributed by atoms with Crippen molar-refractivity contribution in [3.8, 4) is 0 Å². The number of carbonyl (C=O) groups excluding carboxylic acids is 1. The van der Waals surface area contributed by atoms with Crippen LogP contribution in [0.5, 0.6) is 0 Å². The number of hydrogen-bond acceptors (Lipinski definition) is 2. The zero-order valence-electron chi connectivity index (χ0n) is 5.34. The maximum Gasteiger partial charge on any atom is 0.151 e. The smallest absolute Gasteiger partial charge is 0.151 e. The van der Waals surface area contributed by atoms with Gasteiger partial charge in [-0.3, -0.25) is 0 Å². The van der Waals surface area contributed by atoms with Gasteiger partial charge in [0.25, 0.3) is 0 Å². The van der Waals surface area contributed by atoms with Crippen LogP contribution in [0.15, 0.2) is 0 Å². The number of carbonyl (C=O) groups is 1. The summed E-state index contributed by atoms with van der Waals surface area (Å²) in [5.41, 5.74) is -1.09. The molecular weight excluding hydrogens is 116 g/mol. The van der Waals surface area contributed by atoms with Crippen molar-refractivity contribution >= 4 is 6.29 Å². The summed E-state index contributed by atoms with van der Waals surface area (Å²) in [4.78, 5) is 10.2. The molecule has 1 N–H and O–H groups in total. The Balaban J connectivity index is 2.46. The Morgan fingerprint density at radius 3 is 2.67 bits per heavy atom. The third-order valence-electron chi connectivity index (χ3n) is 1.73. The summed E-state index contributed by atoms with van der Waals surface area (Å²) in [6, 6.07) is 0. The van der Waals surface area contributed by atoms with Crippen molar-refractivity contribution in [2.75, 3.05) is 0 Å². The molecule has 0 aliphatic heterocycles. The van der Waals surface area contributed by atoms with Crippen LogP contribution in [0.4, 0.5) is 0 Å². The van der Waals surface area contributed by atoms with Gasteiger partial charge in [-0.05, 0) is 12.8 Å². The van der Waals surface area contributed by atoms with Crippen molar-refractivity contribution < 1.29 is 9.90 Å². The molecule has 51 valence electrons. The molecule has 0 amide bonds. The van der Waals surface area contributed by atoms with Gasteiger partial charge >= 0.3 is 0 Å². The van der Waals surface area contributed by atoms with E-state index in [9.17, 15) is 9.90 Å². The van der Waals surface area contributed by atoms with E-state index in [1.807, 2.05) is 0 Å². The normalized spacial score (nSPS) is 25.4. The van der Waals surface area contributed by atoms with E-state index in [-0.39, 0.29) is 0 Å². The largest absolute Gasteiger partial charge is 0.382 e. The molecular formula is C7H11O2. The van der Waals surface area contributed by atoms with Gasteiger partial charge in [-0.25, -0.2) is 0 Å². The molecule has 1 rings (SSSR count). The Morgan fingerprint density at radius 1 is 1.56 bits per heavy atom. The molecule has 1 saturated carbocycles. The third kappa shape index (κ3) is 1.52. The Kier molecular flexibility index (Phi) is 1.86. The van der Waals surface area contributed by atoms with Crippen molar-refractivity contribution in [3.63, 3.8) is 0 Å². The highest BCUT2D eigenvalue weighted by Crippen LogP contribution is 2.24. The van der Waals surface area contributed by atoms with E-state index in [0.29, 0.717) is 12.7 Å². The minimum absolute atomic E-state index is 0.608. The Hall–Kier alpha value is -0.370. The van der Waals surface area contributed by atoms with E-state index >= 15 is 0 Å². The first-order valence-corrected chi connectivity index (χ1v) is 3.30. The fourth-order valence-corrected chi connectivity index (χ4v) is 1.11. The average Bonchev–Trinajstić information content (AvgIpc) is 1.90. The molecule has 1 aliphatic rings. The summed E-state index contributed by atoms with van der Waals surface area (Å²) in [6.45, 7) is 0. The van der Waals surface area contributed by atoms with Crippen molar-refractivity contribution in [1.82, 2.24) is 0 Å². The second-order valence-corrected chi connectivity index (χ2v) is 2.56. The van der Waals surface area contributed by atoms with Crippen LogP contribution in [0.25, 0.3) is 0 Å². The van der Waals surface area contributed by atoms with Crippen LogP contribution in [0, 0.1) is 6.42 Å². The van der Waals surface area contributed by atoms with Gasteiger partial charge in [-0.1, -0.05) is 12.8 Å². The highest BCUT2D eigenvalue weighted by molar-refractivity contribution is 5.64. The van der Waals surface area contributed by atoms with Gasteiger partial charge in [0.1, 0.15) is 5.60 Å². The lowest BCUT2D eigenvalue weighted by Crippen LogP contribution is -2.33. The molecule has 0 bridgehead atoms. The fourth-order valence-electron chi connectivity index (χ4n) is 1.11. The lowest BCUT2D eigenvalue weighted by Gasteiger charge is -2.25. The van der Waals surface area contributed by atoms with E-state index < -0.39 is 5.60 Å². The van der Waals surface area contributed by atoms with Crippen molar-refractivity contribution in [1.29, 1.82) is 0 Å². The van der Waals surface area contributed by atoms with Gasteiger partial charge in [0.15, 0.2) is 6.29 Å². The van der Waals surface area contributed by atoms with Crippen LogP contribution in [0.1, 0.15) is 25.7 Å². The minimum Gasteiger partial charge on any atom is -0.382 e. The molecule has 9 heavy (non-hydrogen) atoms. The summed E-state index contributed by atoms with van der Waals surface area (Å²) in [6.07, 6.45) is 5.88. The van der Waals surface area contributed by atoms with Crippen LogP contribution in [0.3, 0.4) is 0 Å². The molecule has 1 atom stereocenters. The molecule has 1 fully saturated rings. The lowest BCUT2D eigenvalue weighted by molar-refractivity contribution is -0.122. The van der Waals surface area contributed by atoms with Gasteiger partial charge < -0.3 is 9.90 Å². The monoisotopic (exact) mass is 127 g/mol. The summed E-state index contributed by atoms with van der Waals surface area (Å²) in [5, 5.41) is 9.26. The Bertz CT molecular complexity index is 103. The lowest BCUT2D eigenvalue weighted by atomic mass is 9.86. The first-order valence-electron chi connectivity index (χ1n) is 3.30. The van der Waals surface area contributed by atoms with Gasteiger partial charge in [0, 0.05) is 6.42 Å². The van der Waals surface area contributed by atoms with Gasteiger partial charge in [0.2, 0.25) is 0 Å². The third-order valence-corrected chi connectivity index (χ3v) is 1.73. The molecule has 2 heteroatoms. The SMILES string of the molecule is O=CC1(O)[CH]CCCC1. The van der Waals surface area contributed by atoms with E-state index in [0.717, 1.165) is 19.3 Å². The predicted molar refractivity (Wildman–Crippen MR) is 33.8 cm³/mol. The fraction of sp³-hybridized carbons (Fsp3) is 0.714. The van der Waals surface area contributed by atoms with Gasteiger partial charge in [-0.15, -0.1) is 0 Å². The Labute approximate surface area is 54.9 Å². The second kappa shape index (κ2) is 2.48. The predicted octanol–water partition coefficient (Wildman–Crippen LogP) is 0.695. The van der Waals surface area contributed by atoms with Crippen LogP contribution < -0.4 is 0 Å². The van der Waals surface area contributed by atoms with Crippen molar-refractivity contribution in [2.24, 2.45) is 0 Å². The van der Waals surface area contributed by atoms with Crippen LogP contribution in [-0.2, 0) is 4.79 Å². The highest BCUT2D eigenvalue weighted by atomic mass is 16.3. The number of rotatable bonds is 1. The zero-order chi connectivity index (χ0) is 6.74. The van der Waals surface area contributed by atoms with Gasteiger partial charge in [-0.2, -0.15) is 0 Å². The van der Waals surface area contributed by atoms with E-state index in [1.54, 1.807) is 6.42 Å². The topological polar surface area (TPSA) is 37.3 Å². The molecule has 0 aromatic rings. The van der Waals surface area contributed by atoms with E-state index in [2.05, 4.69) is 0 Å². The summed E-state index contributed by atoms with van der Waals surface area (Å²) >= 11 is 0. The van der Waals surface area contributed by atoms with Crippen molar-refractivity contribution in [3.05, 3.63) is 6.42 Å². The van der Waals surface area contributed by atoms with Crippen LogP contribution >= 0.6 is 0 Å². The summed E-state index contributed by atoms with van der Waals surface area (Å²) < 4.78 is 0. The number of hydrogen-bond donors (Lipinski definition) is 1. The maximum atomic E-state index is 10.2. The van der Waals surface area contributed by atoms with E-state index in [4.69, 9.17) is 0 Å². The highest BCUT2D eigenvalue weighted by Gasteiger charge is 2.28. The Morgan fingerprint density at radius 2 is 2.33 bits per heavy atom. The molecule has 0 spiro atoms. The second-order valence-electron chi connectivity index (χ2n) is 2.56. The number of aldehydes is 1. The summed E-state index contributed by atoms with van der Waals surface area (Å²) in [5.74, 6) is 0. The molecule has 0 aromatic heterocycles. The van der Waals surface area contributed by atoms with Crippen LogP contribution in [-0.4, -0.2) is 17.0 Å². The molecule has 0 saturated heterocycles. The maximum absolute atomic E-state index is 10.2. The first kappa shape index (κ1) is 6.75. The van der Waals surface area contributed by atoms with Gasteiger partial charge in [0.05, 0.1) is 0 Å². The van der Waals surface area contributed by atoms with Crippen LogP contribution in [0.2, 0.25) is 0 Å². The molecule has 1 unspecified atom stereocenters. The van der Waals surface area contributed by atoms with Crippen molar-refractivity contribution in [2.45, 2.75) is 31.3 Å². The molecule has 0 heterocycles. The first-order chi connectivity index (χ1) is 4.27. The quantitative estimate of drug-likeness (QED) is 0.526. The number of aliphatic hydroxyl groups is 1. The average molecular weight is 127 g/mol. The molecule has 1 aliphatic carbocycles. The minimum atomic E-state index is -1.09. The summed E-state index contributed by atoms with van der Waals surface area (Å²) in [7, 11) is 0. The molecule has 0 aromatic carbocycles. The molecule has 2 nitrogen and oxygen atoms in total. The molecule has 1 radical (unpaired) electrons. The van der Waals surface area contributed by atoms with E-state index in [1.165, 1.54) is 0 Å². The zero-order valence-corrected chi connectivity index (χ0v) is 5.34.